The maximum atomic E-state index is 9.03. The quantitative estimate of drug-likeness (QED) is 0.839. The first-order valence-electron chi connectivity index (χ1n) is 7.20. The Hall–Kier alpha value is -1.86. The third-order valence-electron chi connectivity index (χ3n) is 3.89. The SMILES string of the molecule is CC(C)n1c(C2CCCOC2)nc2cc(C#N)ccc21. The molecule has 1 aromatic heterocycles. The molecule has 0 amide bonds. The molecule has 1 aliphatic heterocycles. The van der Waals surface area contributed by atoms with E-state index >= 15 is 0 Å². The number of hydrogen-bond acceptors (Lipinski definition) is 3. The number of nitriles is 1. The number of hydrogen-bond donors (Lipinski definition) is 0. The van der Waals surface area contributed by atoms with E-state index in [2.05, 4.69) is 24.5 Å². The summed E-state index contributed by atoms with van der Waals surface area (Å²) in [4.78, 5) is 4.80. The fourth-order valence-electron chi connectivity index (χ4n) is 2.96. The zero-order valence-electron chi connectivity index (χ0n) is 12.0. The topological polar surface area (TPSA) is 50.8 Å². The minimum Gasteiger partial charge on any atom is -0.381 e. The van der Waals surface area contributed by atoms with E-state index < -0.39 is 0 Å². The van der Waals surface area contributed by atoms with E-state index in [1.54, 1.807) is 0 Å². The van der Waals surface area contributed by atoms with Crippen molar-refractivity contribution in [3.63, 3.8) is 0 Å². The molecule has 0 bridgehead atoms. The molecular formula is C16H19N3O. The van der Waals surface area contributed by atoms with Gasteiger partial charge in [0.05, 0.1) is 29.3 Å². The zero-order chi connectivity index (χ0) is 14.1. The molecule has 1 unspecified atom stereocenters. The van der Waals surface area contributed by atoms with E-state index in [0.29, 0.717) is 17.5 Å². The molecule has 1 aromatic carbocycles. The van der Waals surface area contributed by atoms with Crippen LogP contribution in [0.25, 0.3) is 11.0 Å². The molecule has 0 N–H and O–H groups in total. The van der Waals surface area contributed by atoms with Gasteiger partial charge in [-0.15, -0.1) is 0 Å². The lowest BCUT2D eigenvalue weighted by atomic mass is 10.0. The minimum absolute atomic E-state index is 0.352. The van der Waals surface area contributed by atoms with Gasteiger partial charge in [0.15, 0.2) is 0 Å². The Morgan fingerprint density at radius 3 is 2.95 bits per heavy atom. The molecule has 1 saturated heterocycles. The summed E-state index contributed by atoms with van der Waals surface area (Å²) in [5.41, 5.74) is 2.69. The molecule has 3 rings (SSSR count). The Morgan fingerprint density at radius 2 is 2.30 bits per heavy atom. The van der Waals surface area contributed by atoms with Crippen LogP contribution < -0.4 is 0 Å². The molecule has 1 atom stereocenters. The van der Waals surface area contributed by atoms with Crippen LogP contribution >= 0.6 is 0 Å². The first-order chi connectivity index (χ1) is 9.70. The van der Waals surface area contributed by atoms with Gasteiger partial charge in [0.1, 0.15) is 5.82 Å². The summed E-state index contributed by atoms with van der Waals surface area (Å²) in [5.74, 6) is 1.47. The van der Waals surface area contributed by atoms with Crippen molar-refractivity contribution in [3.8, 4) is 6.07 Å². The van der Waals surface area contributed by atoms with Crippen molar-refractivity contribution >= 4 is 11.0 Å². The number of aromatic nitrogens is 2. The number of benzene rings is 1. The van der Waals surface area contributed by atoms with E-state index in [1.165, 1.54) is 0 Å². The molecule has 4 nitrogen and oxygen atoms in total. The van der Waals surface area contributed by atoms with Gasteiger partial charge in [0.2, 0.25) is 0 Å². The zero-order valence-corrected chi connectivity index (χ0v) is 12.0. The number of imidazole rings is 1. The standard InChI is InChI=1S/C16H19N3O/c1-11(2)19-15-6-5-12(9-17)8-14(15)18-16(19)13-4-3-7-20-10-13/h5-6,8,11,13H,3-4,7,10H2,1-2H3. The Morgan fingerprint density at radius 1 is 1.45 bits per heavy atom. The first-order valence-corrected chi connectivity index (χ1v) is 7.20. The van der Waals surface area contributed by atoms with Crippen molar-refractivity contribution < 1.29 is 4.74 Å². The van der Waals surface area contributed by atoms with Crippen molar-refractivity contribution in [2.24, 2.45) is 0 Å². The number of ether oxygens (including phenoxy) is 1. The minimum atomic E-state index is 0.352. The van der Waals surface area contributed by atoms with Crippen LogP contribution in [0.15, 0.2) is 18.2 Å². The lowest BCUT2D eigenvalue weighted by Gasteiger charge is -2.24. The average Bonchev–Trinajstić information content (AvgIpc) is 2.86. The molecule has 1 fully saturated rings. The van der Waals surface area contributed by atoms with E-state index in [-0.39, 0.29) is 0 Å². The molecule has 1 aliphatic rings. The van der Waals surface area contributed by atoms with Gasteiger partial charge in [-0.05, 0) is 44.9 Å². The third kappa shape index (κ3) is 2.19. The molecule has 2 aromatic rings. The average molecular weight is 269 g/mol. The third-order valence-corrected chi connectivity index (χ3v) is 3.89. The van der Waals surface area contributed by atoms with Gasteiger partial charge in [0, 0.05) is 18.6 Å². The van der Waals surface area contributed by atoms with Crippen LogP contribution in [-0.4, -0.2) is 22.8 Å². The highest BCUT2D eigenvalue weighted by atomic mass is 16.5. The summed E-state index contributed by atoms with van der Waals surface area (Å²) in [6.07, 6.45) is 2.22. The monoisotopic (exact) mass is 269 g/mol. The molecule has 0 spiro atoms. The summed E-state index contributed by atoms with van der Waals surface area (Å²) in [5, 5.41) is 9.03. The number of rotatable bonds is 2. The number of nitrogens with zero attached hydrogens (tertiary/aromatic N) is 3. The van der Waals surface area contributed by atoms with Gasteiger partial charge >= 0.3 is 0 Å². The molecule has 0 radical (unpaired) electrons. The summed E-state index contributed by atoms with van der Waals surface area (Å²) >= 11 is 0. The summed E-state index contributed by atoms with van der Waals surface area (Å²) < 4.78 is 7.89. The van der Waals surface area contributed by atoms with Crippen molar-refractivity contribution in [2.45, 2.75) is 38.6 Å². The Kier molecular flexibility index (Phi) is 3.45. The van der Waals surface area contributed by atoms with Crippen LogP contribution in [0.5, 0.6) is 0 Å². The van der Waals surface area contributed by atoms with Crippen LogP contribution in [0.2, 0.25) is 0 Å². The van der Waals surface area contributed by atoms with Gasteiger partial charge in [0.25, 0.3) is 0 Å². The molecule has 2 heterocycles. The number of fused-ring (bicyclic) bond motifs is 1. The van der Waals surface area contributed by atoms with Gasteiger partial charge in [-0.25, -0.2) is 4.98 Å². The van der Waals surface area contributed by atoms with Crippen molar-refractivity contribution in [3.05, 3.63) is 29.6 Å². The maximum Gasteiger partial charge on any atom is 0.115 e. The van der Waals surface area contributed by atoms with Gasteiger partial charge in [-0.1, -0.05) is 0 Å². The molecular weight excluding hydrogens is 250 g/mol. The predicted octanol–water partition coefficient (Wildman–Crippen LogP) is 3.38. The van der Waals surface area contributed by atoms with Crippen LogP contribution in [0.1, 0.15) is 50.0 Å². The Balaban J connectivity index is 2.14. The molecule has 0 saturated carbocycles. The van der Waals surface area contributed by atoms with Crippen LogP contribution in [0.4, 0.5) is 0 Å². The van der Waals surface area contributed by atoms with E-state index in [4.69, 9.17) is 15.0 Å². The van der Waals surface area contributed by atoms with E-state index in [1.807, 2.05) is 18.2 Å². The lowest BCUT2D eigenvalue weighted by molar-refractivity contribution is 0.0769. The van der Waals surface area contributed by atoms with Crippen LogP contribution in [-0.2, 0) is 4.74 Å². The van der Waals surface area contributed by atoms with E-state index in [0.717, 1.165) is 42.9 Å². The van der Waals surface area contributed by atoms with Gasteiger partial charge in [-0.2, -0.15) is 5.26 Å². The smallest absolute Gasteiger partial charge is 0.115 e. The first kappa shape index (κ1) is 13.1. The van der Waals surface area contributed by atoms with Crippen molar-refractivity contribution in [1.29, 1.82) is 5.26 Å². The molecule has 0 aliphatic carbocycles. The summed E-state index contributed by atoms with van der Waals surface area (Å²) in [6.45, 7) is 5.96. The highest BCUT2D eigenvalue weighted by Crippen LogP contribution is 2.31. The second kappa shape index (κ2) is 5.26. The maximum absolute atomic E-state index is 9.03. The fourth-order valence-corrected chi connectivity index (χ4v) is 2.96. The van der Waals surface area contributed by atoms with Gasteiger partial charge < -0.3 is 9.30 Å². The second-order valence-electron chi connectivity index (χ2n) is 5.66. The molecule has 4 heteroatoms. The van der Waals surface area contributed by atoms with Crippen molar-refractivity contribution in [2.75, 3.05) is 13.2 Å². The van der Waals surface area contributed by atoms with Crippen LogP contribution in [0, 0.1) is 11.3 Å². The molecule has 104 valence electrons. The fraction of sp³-hybridized carbons (Fsp3) is 0.500. The second-order valence-corrected chi connectivity index (χ2v) is 5.66. The Bertz CT molecular complexity index is 660. The van der Waals surface area contributed by atoms with Gasteiger partial charge in [-0.3, -0.25) is 0 Å². The van der Waals surface area contributed by atoms with E-state index in [9.17, 15) is 0 Å². The summed E-state index contributed by atoms with van der Waals surface area (Å²) in [7, 11) is 0. The predicted molar refractivity (Wildman–Crippen MR) is 77.6 cm³/mol. The summed E-state index contributed by atoms with van der Waals surface area (Å²) in [6, 6.07) is 8.28. The Labute approximate surface area is 119 Å². The molecule has 20 heavy (non-hydrogen) atoms. The van der Waals surface area contributed by atoms with Crippen LogP contribution in [0.3, 0.4) is 0 Å². The van der Waals surface area contributed by atoms with Crippen molar-refractivity contribution in [1.82, 2.24) is 9.55 Å². The lowest BCUT2D eigenvalue weighted by Crippen LogP contribution is -2.20. The highest BCUT2D eigenvalue weighted by molar-refractivity contribution is 5.78. The largest absolute Gasteiger partial charge is 0.381 e. The highest BCUT2D eigenvalue weighted by Gasteiger charge is 2.24. The normalized spacial score (nSPS) is 19.4.